The summed E-state index contributed by atoms with van der Waals surface area (Å²) in [5, 5.41) is 0. The van der Waals surface area contributed by atoms with Crippen LogP contribution in [0.2, 0.25) is 0 Å². The highest BCUT2D eigenvalue weighted by atomic mass is 15.0. The summed E-state index contributed by atoms with van der Waals surface area (Å²) in [4.78, 5) is 8.00. The van der Waals surface area contributed by atoms with Gasteiger partial charge in [0.2, 0.25) is 0 Å². The molecule has 0 heterocycles. The van der Waals surface area contributed by atoms with Crippen molar-refractivity contribution in [3.05, 3.63) is 0 Å². The SMILES string of the molecule is C.C.C.C.C.C.C.C.CC.CC.CCC.CCC.CCC.CCC.CN(C)C.CN(C)C.CN(C)C.CN(C)C. The molecule has 0 aromatic heterocycles. The van der Waals surface area contributed by atoms with Crippen molar-refractivity contribution in [3.63, 3.8) is 0 Å². The first kappa shape index (κ1) is 126. The zero-order chi connectivity index (χ0) is 29.1. The van der Waals surface area contributed by atoms with Gasteiger partial charge < -0.3 is 19.6 Å². The summed E-state index contributed by atoms with van der Waals surface area (Å²) < 4.78 is 0. The number of hydrogen-bond acceptors (Lipinski definition) is 4. The molecule has 0 aliphatic rings. The summed E-state index contributed by atoms with van der Waals surface area (Å²) in [6, 6.07) is 0. The van der Waals surface area contributed by atoms with Gasteiger partial charge in [-0.1, -0.05) is 168 Å². The first-order valence-electron chi connectivity index (χ1n) is 13.0. The Balaban J connectivity index is -0.00000000828. The van der Waals surface area contributed by atoms with Crippen LogP contribution >= 0.6 is 0 Å². The number of rotatable bonds is 0. The van der Waals surface area contributed by atoms with Gasteiger partial charge in [0.15, 0.2) is 0 Å². The van der Waals surface area contributed by atoms with Crippen LogP contribution in [0.15, 0.2) is 0 Å². The van der Waals surface area contributed by atoms with E-state index in [2.05, 4.69) is 55.4 Å². The first-order valence-corrected chi connectivity index (χ1v) is 13.0. The van der Waals surface area contributed by atoms with Crippen LogP contribution in [0.25, 0.3) is 0 Å². The van der Waals surface area contributed by atoms with Crippen LogP contribution < -0.4 is 0 Å². The van der Waals surface area contributed by atoms with Gasteiger partial charge in [-0.2, -0.15) is 0 Å². The Labute approximate surface area is 272 Å². The summed E-state index contributed by atoms with van der Waals surface area (Å²) in [6.07, 6.45) is 5.00. The first-order chi connectivity index (χ1) is 14.6. The molecule has 40 heavy (non-hydrogen) atoms. The molecule has 0 amide bonds. The Hall–Kier alpha value is -0.160. The highest BCUT2D eigenvalue weighted by Crippen LogP contribution is 1.57. The minimum Gasteiger partial charge on any atom is -0.312 e. The normalized spacial score (nSPS) is 5.70. The van der Waals surface area contributed by atoms with Gasteiger partial charge in [0, 0.05) is 0 Å². The van der Waals surface area contributed by atoms with Crippen molar-refractivity contribution in [2.75, 3.05) is 84.6 Å². The van der Waals surface area contributed by atoms with E-state index in [0.717, 1.165) is 0 Å². The lowest BCUT2D eigenvalue weighted by atomic mass is 10.6. The van der Waals surface area contributed by atoms with Crippen LogP contribution in [-0.4, -0.2) is 104 Å². The van der Waals surface area contributed by atoms with Gasteiger partial charge in [0.05, 0.1) is 0 Å². The maximum atomic E-state index is 2.12. The lowest BCUT2D eigenvalue weighted by molar-refractivity contribution is 0.505. The second kappa shape index (κ2) is 222. The molecule has 0 bridgehead atoms. The minimum absolute atomic E-state index is 0. The summed E-state index contributed by atoms with van der Waals surface area (Å²) in [7, 11) is 24.0. The van der Waals surface area contributed by atoms with Crippen molar-refractivity contribution in [3.8, 4) is 0 Å². The van der Waals surface area contributed by atoms with E-state index in [4.69, 9.17) is 0 Å². The van der Waals surface area contributed by atoms with Crippen molar-refractivity contribution in [2.45, 2.75) is 168 Å². The molecule has 0 spiro atoms. The monoisotopic (exact) mass is 601 g/mol. The molecule has 0 saturated heterocycles. The smallest absolute Gasteiger partial charge is 0.0140 e. The molecule has 4 heteroatoms. The zero-order valence-corrected chi connectivity index (χ0v) is 28.6. The standard InChI is InChI=1S/4C3H9N.4C3H8.2C2H6.8CH4/c4*1-4(2)3;4*1-3-2;2*1-2;;;;;;;;/h4*1-3H3;4*3H2,1-2H3;2*1-2H3;8*1H4. The molecule has 0 fully saturated rings. The van der Waals surface area contributed by atoms with Crippen molar-refractivity contribution in [1.29, 1.82) is 0 Å². The van der Waals surface area contributed by atoms with Gasteiger partial charge in [-0.15, -0.1) is 0 Å². The lowest BCUT2D eigenvalue weighted by Crippen LogP contribution is -1.99. The molecule has 0 radical (unpaired) electrons. The fraction of sp³-hybridized carbons (Fsp3) is 1.00. The summed E-state index contributed by atoms with van der Waals surface area (Å²) in [5.74, 6) is 0. The van der Waals surface area contributed by atoms with Crippen LogP contribution in [0.1, 0.15) is 168 Å². The maximum absolute atomic E-state index is 2.12. The number of hydrogen-bond donors (Lipinski definition) is 0. The van der Waals surface area contributed by atoms with E-state index in [-0.39, 0.29) is 59.4 Å². The van der Waals surface area contributed by atoms with E-state index in [1.807, 2.05) is 132 Å². The topological polar surface area (TPSA) is 13.0 Å². The van der Waals surface area contributed by atoms with Crippen molar-refractivity contribution >= 4 is 0 Å². The zero-order valence-electron chi connectivity index (χ0n) is 28.6. The Morgan fingerprint density at radius 3 is 0.225 bits per heavy atom. The molecule has 0 aliphatic carbocycles. The van der Waals surface area contributed by atoms with Gasteiger partial charge in [0.25, 0.3) is 0 Å². The van der Waals surface area contributed by atoms with Crippen LogP contribution in [0.3, 0.4) is 0 Å². The third-order valence-corrected chi connectivity index (χ3v) is 0. The van der Waals surface area contributed by atoms with E-state index in [1.54, 1.807) is 0 Å². The average Bonchev–Trinajstić information content (AvgIpc) is 2.59. The third-order valence-electron chi connectivity index (χ3n) is 0. The van der Waals surface area contributed by atoms with Crippen LogP contribution in [0.4, 0.5) is 0 Å². The predicted molar refractivity (Wildman–Crippen MR) is 219 cm³/mol. The molecule has 0 rings (SSSR count). The highest BCUT2D eigenvalue weighted by Gasteiger charge is 1.59. The third kappa shape index (κ3) is 2010000. The molecule has 0 N–H and O–H groups in total. The van der Waals surface area contributed by atoms with Gasteiger partial charge in [-0.25, -0.2) is 0 Å². The van der Waals surface area contributed by atoms with E-state index in [0.29, 0.717) is 0 Å². The van der Waals surface area contributed by atoms with Gasteiger partial charge >= 0.3 is 0 Å². The maximum Gasteiger partial charge on any atom is -0.0140 e. The Morgan fingerprint density at radius 1 is 0.225 bits per heavy atom. The van der Waals surface area contributed by atoms with Crippen LogP contribution in [0.5, 0.6) is 0 Å². The molecule has 0 aromatic rings. The molecular weight excluding hydrogens is 488 g/mol. The predicted octanol–water partition coefficient (Wildman–Crippen LogP) is 13.5. The molecule has 0 unspecified atom stereocenters. The lowest BCUT2D eigenvalue weighted by Gasteiger charge is -1.90. The average molecular weight is 601 g/mol. The van der Waals surface area contributed by atoms with E-state index < -0.39 is 0 Å². The fourth-order valence-electron chi connectivity index (χ4n) is 0. The van der Waals surface area contributed by atoms with Crippen molar-refractivity contribution in [2.24, 2.45) is 0 Å². The molecule has 0 saturated carbocycles. The largest absolute Gasteiger partial charge is 0.312 e. The second-order valence-corrected chi connectivity index (χ2v) is 8.19. The minimum atomic E-state index is 0. The second-order valence-electron chi connectivity index (χ2n) is 8.19. The molecular formula is C36H112N4. The molecule has 4 nitrogen and oxygen atoms in total. The molecule has 0 aromatic carbocycles. The summed E-state index contributed by atoms with van der Waals surface area (Å²) in [5.41, 5.74) is 0. The quantitative estimate of drug-likeness (QED) is 0.274. The highest BCUT2D eigenvalue weighted by molar-refractivity contribution is 4.10. The summed E-state index contributed by atoms with van der Waals surface area (Å²) >= 11 is 0. The van der Waals surface area contributed by atoms with Crippen LogP contribution in [-0.2, 0) is 0 Å². The summed E-state index contributed by atoms with van der Waals surface area (Å²) in [6.45, 7) is 25.0. The molecule has 276 valence electrons. The van der Waals surface area contributed by atoms with Crippen molar-refractivity contribution in [1.82, 2.24) is 19.6 Å². The number of nitrogens with zero attached hydrogens (tertiary/aromatic N) is 4. The van der Waals surface area contributed by atoms with Gasteiger partial charge in [-0.05, 0) is 84.6 Å². The van der Waals surface area contributed by atoms with E-state index >= 15 is 0 Å². The van der Waals surface area contributed by atoms with Crippen LogP contribution in [0, 0.1) is 0 Å². The Bertz CT molecular complexity index is 95.7. The van der Waals surface area contributed by atoms with Gasteiger partial charge in [0.1, 0.15) is 0 Å². The van der Waals surface area contributed by atoms with E-state index in [1.165, 1.54) is 25.7 Å². The molecule has 0 atom stereocenters. The fourth-order valence-corrected chi connectivity index (χ4v) is 0. The van der Waals surface area contributed by atoms with E-state index in [9.17, 15) is 0 Å². The van der Waals surface area contributed by atoms with Crippen molar-refractivity contribution < 1.29 is 0 Å². The molecule has 0 aliphatic heterocycles. The Kier molecular flexibility index (Phi) is 698. The van der Waals surface area contributed by atoms with Gasteiger partial charge in [-0.3, -0.25) is 0 Å². The Morgan fingerprint density at radius 2 is 0.225 bits per heavy atom.